The second-order valence-electron chi connectivity index (χ2n) is 4.06. The van der Waals surface area contributed by atoms with Crippen LogP contribution in [0.25, 0.3) is 0 Å². The lowest BCUT2D eigenvalue weighted by Gasteiger charge is -2.05. The highest BCUT2D eigenvalue weighted by molar-refractivity contribution is 7.89. The number of hydrogen-bond acceptors (Lipinski definition) is 5. The molecule has 2 aromatic heterocycles. The Balaban J connectivity index is 2.05. The number of nitrogens with one attached hydrogen (secondary N) is 2. The summed E-state index contributed by atoms with van der Waals surface area (Å²) in [4.78, 5) is 0. The number of nitrogens with two attached hydrogens (primary N) is 1. The minimum Gasteiger partial charge on any atom is -0.469 e. The number of rotatable bonds is 6. The average Bonchev–Trinajstić information content (AvgIpc) is 2.98. The summed E-state index contributed by atoms with van der Waals surface area (Å²) in [5, 5.41) is 6.39. The van der Waals surface area contributed by atoms with E-state index in [-0.39, 0.29) is 18.1 Å². The van der Waals surface area contributed by atoms with E-state index in [0.717, 1.165) is 5.76 Å². The molecule has 19 heavy (non-hydrogen) atoms. The third-order valence-corrected chi connectivity index (χ3v) is 4.17. The fourth-order valence-electron chi connectivity index (χ4n) is 1.72. The van der Waals surface area contributed by atoms with Gasteiger partial charge in [0.15, 0.2) is 5.03 Å². The van der Waals surface area contributed by atoms with E-state index in [9.17, 15) is 8.42 Å². The molecule has 2 heterocycles. The van der Waals surface area contributed by atoms with Gasteiger partial charge in [-0.2, -0.15) is 5.10 Å². The summed E-state index contributed by atoms with van der Waals surface area (Å²) in [5.41, 5.74) is 6.70. The number of nitrogens with zero attached hydrogens (tertiary/aromatic N) is 1. The second kappa shape index (κ2) is 5.55. The third kappa shape index (κ3) is 3.03. The number of H-pyrrole nitrogens is 1. The predicted octanol–water partition coefficient (Wildman–Crippen LogP) is 0.291. The Bertz CT molecular complexity index is 631. The summed E-state index contributed by atoms with van der Waals surface area (Å²) >= 11 is 0. The lowest BCUT2D eigenvalue weighted by atomic mass is 10.3. The maximum Gasteiger partial charge on any atom is 0.260 e. The minimum atomic E-state index is -3.65. The van der Waals surface area contributed by atoms with Crippen LogP contribution in [0.1, 0.15) is 17.0 Å². The van der Waals surface area contributed by atoms with Gasteiger partial charge in [0.05, 0.1) is 6.26 Å². The summed E-state index contributed by atoms with van der Waals surface area (Å²) in [6.07, 6.45) is 2.03. The van der Waals surface area contributed by atoms with Gasteiger partial charge in [0.1, 0.15) is 5.76 Å². The summed E-state index contributed by atoms with van der Waals surface area (Å²) in [5.74, 6) is 0.722. The maximum absolute atomic E-state index is 12.1. The van der Waals surface area contributed by atoms with E-state index in [1.54, 1.807) is 25.3 Å². The molecule has 0 radical (unpaired) electrons. The van der Waals surface area contributed by atoms with Gasteiger partial charge in [0, 0.05) is 30.8 Å². The molecule has 7 nitrogen and oxygen atoms in total. The molecule has 0 fully saturated rings. The third-order valence-electron chi connectivity index (χ3n) is 2.74. The standard InChI is InChI=1S/C11H16N4O3S/c1-8-10(7-12)11(15-14-8)19(16,17)13-5-4-9-3-2-6-18-9/h2-3,6,13H,4-5,7,12H2,1H3,(H,14,15). The molecule has 2 aromatic rings. The molecule has 0 spiro atoms. The van der Waals surface area contributed by atoms with Gasteiger partial charge in [-0.05, 0) is 19.1 Å². The second-order valence-corrected chi connectivity index (χ2v) is 5.75. The first-order chi connectivity index (χ1) is 9.04. The molecular weight excluding hydrogens is 268 g/mol. The Kier molecular flexibility index (Phi) is 4.03. The first-order valence-electron chi connectivity index (χ1n) is 5.80. The van der Waals surface area contributed by atoms with Crippen molar-refractivity contribution < 1.29 is 12.8 Å². The minimum absolute atomic E-state index is 0.0352. The van der Waals surface area contributed by atoms with Crippen molar-refractivity contribution in [1.29, 1.82) is 0 Å². The van der Waals surface area contributed by atoms with E-state index in [1.165, 1.54) is 0 Å². The molecule has 104 valence electrons. The van der Waals surface area contributed by atoms with Crippen LogP contribution in [0.2, 0.25) is 0 Å². The highest BCUT2D eigenvalue weighted by atomic mass is 32.2. The van der Waals surface area contributed by atoms with Gasteiger partial charge in [-0.25, -0.2) is 13.1 Å². The molecule has 0 atom stereocenters. The van der Waals surface area contributed by atoms with Gasteiger partial charge in [0.2, 0.25) is 0 Å². The van der Waals surface area contributed by atoms with Gasteiger partial charge in [-0.1, -0.05) is 0 Å². The molecule has 8 heteroatoms. The van der Waals surface area contributed by atoms with E-state index in [1.807, 2.05) is 0 Å². The van der Waals surface area contributed by atoms with Gasteiger partial charge < -0.3 is 10.2 Å². The van der Waals surface area contributed by atoms with Crippen molar-refractivity contribution in [1.82, 2.24) is 14.9 Å². The van der Waals surface area contributed by atoms with Crippen LogP contribution >= 0.6 is 0 Å². The Hall–Kier alpha value is -1.64. The summed E-state index contributed by atoms with van der Waals surface area (Å²) < 4.78 is 31.7. The van der Waals surface area contributed by atoms with E-state index in [4.69, 9.17) is 10.2 Å². The quantitative estimate of drug-likeness (QED) is 0.705. The largest absolute Gasteiger partial charge is 0.469 e. The van der Waals surface area contributed by atoms with Gasteiger partial charge >= 0.3 is 0 Å². The smallest absolute Gasteiger partial charge is 0.260 e. The number of aromatic nitrogens is 2. The van der Waals surface area contributed by atoms with Crippen molar-refractivity contribution in [3.63, 3.8) is 0 Å². The Morgan fingerprint density at radius 1 is 1.53 bits per heavy atom. The molecule has 0 unspecified atom stereocenters. The van der Waals surface area contributed by atoms with Crippen LogP contribution in [-0.4, -0.2) is 25.2 Å². The maximum atomic E-state index is 12.1. The number of sulfonamides is 1. The summed E-state index contributed by atoms with van der Waals surface area (Å²) in [6, 6.07) is 3.55. The van der Waals surface area contributed by atoms with Crippen molar-refractivity contribution in [3.8, 4) is 0 Å². The zero-order valence-corrected chi connectivity index (χ0v) is 11.3. The van der Waals surface area contributed by atoms with E-state index in [2.05, 4.69) is 14.9 Å². The number of aromatic amines is 1. The summed E-state index contributed by atoms with van der Waals surface area (Å²) in [7, 11) is -3.65. The predicted molar refractivity (Wildman–Crippen MR) is 68.8 cm³/mol. The van der Waals surface area contributed by atoms with Gasteiger partial charge in [0.25, 0.3) is 10.0 Å². The Labute approximate surface area is 111 Å². The monoisotopic (exact) mass is 284 g/mol. The molecule has 0 saturated heterocycles. The van der Waals surface area contributed by atoms with Crippen molar-refractivity contribution >= 4 is 10.0 Å². The zero-order valence-electron chi connectivity index (χ0n) is 10.5. The van der Waals surface area contributed by atoms with Gasteiger partial charge in [-0.15, -0.1) is 0 Å². The van der Waals surface area contributed by atoms with E-state index >= 15 is 0 Å². The summed E-state index contributed by atoms with van der Waals surface area (Å²) in [6.45, 7) is 2.10. The van der Waals surface area contributed by atoms with Crippen LogP contribution in [0.5, 0.6) is 0 Å². The van der Waals surface area contributed by atoms with Crippen molar-refractivity contribution in [2.24, 2.45) is 5.73 Å². The average molecular weight is 284 g/mol. The molecule has 0 aliphatic rings. The molecule has 0 saturated carbocycles. The molecule has 0 aliphatic carbocycles. The lowest BCUT2D eigenvalue weighted by Crippen LogP contribution is -2.27. The van der Waals surface area contributed by atoms with E-state index < -0.39 is 10.0 Å². The van der Waals surface area contributed by atoms with Gasteiger partial charge in [-0.3, -0.25) is 5.10 Å². The lowest BCUT2D eigenvalue weighted by molar-refractivity contribution is 0.505. The fraction of sp³-hybridized carbons (Fsp3) is 0.364. The number of furan rings is 1. The van der Waals surface area contributed by atoms with Crippen LogP contribution in [0, 0.1) is 6.92 Å². The normalized spacial score (nSPS) is 11.9. The first-order valence-corrected chi connectivity index (χ1v) is 7.29. The highest BCUT2D eigenvalue weighted by Gasteiger charge is 2.22. The molecular formula is C11H16N4O3S. The SMILES string of the molecule is Cc1[nH]nc(S(=O)(=O)NCCc2ccco2)c1CN. The molecule has 2 rings (SSSR count). The Morgan fingerprint density at radius 2 is 2.32 bits per heavy atom. The molecule has 0 bridgehead atoms. The van der Waals surface area contributed by atoms with Crippen LogP contribution in [0.3, 0.4) is 0 Å². The van der Waals surface area contributed by atoms with Crippen LogP contribution in [0.15, 0.2) is 27.8 Å². The fourth-order valence-corrected chi connectivity index (χ4v) is 2.96. The van der Waals surface area contributed by atoms with Crippen molar-refractivity contribution in [3.05, 3.63) is 35.4 Å². The van der Waals surface area contributed by atoms with E-state index in [0.29, 0.717) is 17.7 Å². The highest BCUT2D eigenvalue weighted by Crippen LogP contribution is 2.15. The zero-order chi connectivity index (χ0) is 13.9. The first kappa shape index (κ1) is 13.8. The molecule has 4 N–H and O–H groups in total. The molecule has 0 amide bonds. The topological polar surface area (TPSA) is 114 Å². The number of aryl methyl sites for hydroxylation is 1. The number of hydrogen-bond donors (Lipinski definition) is 3. The molecule has 0 aliphatic heterocycles. The van der Waals surface area contributed by atoms with Crippen LogP contribution < -0.4 is 10.5 Å². The van der Waals surface area contributed by atoms with Crippen LogP contribution in [-0.2, 0) is 23.0 Å². The van der Waals surface area contributed by atoms with Crippen molar-refractivity contribution in [2.45, 2.75) is 24.9 Å². The van der Waals surface area contributed by atoms with Crippen molar-refractivity contribution in [2.75, 3.05) is 6.54 Å². The van der Waals surface area contributed by atoms with Crippen LogP contribution in [0.4, 0.5) is 0 Å². The molecule has 0 aromatic carbocycles. The Morgan fingerprint density at radius 3 is 2.95 bits per heavy atom.